The van der Waals surface area contributed by atoms with Gasteiger partial charge in [0.25, 0.3) is 0 Å². The summed E-state index contributed by atoms with van der Waals surface area (Å²) in [4.78, 5) is 38.1. The molecule has 0 saturated carbocycles. The summed E-state index contributed by atoms with van der Waals surface area (Å²) in [7, 11) is 0. The minimum absolute atomic E-state index is 0.0750. The molecule has 0 unspecified atom stereocenters. The molecule has 0 aromatic heterocycles. The molecule has 0 aliphatic rings. The molecule has 0 aromatic carbocycles. The Morgan fingerprint density at radius 3 is 0.892 bits per heavy atom. The van der Waals surface area contributed by atoms with E-state index in [0.29, 0.717) is 19.3 Å². The quantitative estimate of drug-likeness (QED) is 0.0262. The van der Waals surface area contributed by atoms with Gasteiger partial charge in [-0.1, -0.05) is 243 Å². The van der Waals surface area contributed by atoms with Crippen LogP contribution in [0, 0.1) is 0 Å². The number of unbranched alkanes of at least 4 members (excludes halogenated alkanes) is 35. The summed E-state index contributed by atoms with van der Waals surface area (Å²) in [5, 5.41) is 0. The normalized spacial score (nSPS) is 12.2. The van der Waals surface area contributed by atoms with Crippen LogP contribution >= 0.6 is 0 Å². The number of carbonyl (C=O) groups excluding carboxylic acids is 3. The van der Waals surface area contributed by atoms with Gasteiger partial charge in [0.1, 0.15) is 13.2 Å². The van der Waals surface area contributed by atoms with E-state index in [-0.39, 0.29) is 31.1 Å². The molecule has 380 valence electrons. The Morgan fingerprint density at radius 2 is 0.554 bits per heavy atom. The van der Waals surface area contributed by atoms with Crippen LogP contribution in [0.2, 0.25) is 0 Å². The third-order valence-electron chi connectivity index (χ3n) is 12.6. The zero-order chi connectivity index (χ0) is 47.2. The van der Waals surface area contributed by atoms with Crippen molar-refractivity contribution in [3.63, 3.8) is 0 Å². The van der Waals surface area contributed by atoms with Gasteiger partial charge in [-0.2, -0.15) is 0 Å². The Hall–Kier alpha value is -2.37. The molecule has 0 saturated heterocycles. The maximum absolute atomic E-state index is 12.8. The summed E-state index contributed by atoms with van der Waals surface area (Å²) in [6.07, 6.45) is 64.1. The molecule has 6 heteroatoms. The predicted octanol–water partition coefficient (Wildman–Crippen LogP) is 18.9. The van der Waals surface area contributed by atoms with Crippen molar-refractivity contribution in [1.29, 1.82) is 0 Å². The molecule has 1 atom stereocenters. The Morgan fingerprint density at radius 1 is 0.308 bits per heavy atom. The Labute approximate surface area is 404 Å². The first kappa shape index (κ1) is 62.6. The summed E-state index contributed by atoms with van der Waals surface area (Å²) in [6.45, 7) is 6.63. The van der Waals surface area contributed by atoms with Crippen molar-refractivity contribution >= 4 is 17.9 Å². The highest BCUT2D eigenvalue weighted by atomic mass is 16.6. The average molecular weight is 914 g/mol. The highest BCUT2D eigenvalue weighted by Crippen LogP contribution is 2.16. The van der Waals surface area contributed by atoms with Gasteiger partial charge in [0.2, 0.25) is 0 Å². The minimum atomic E-state index is -0.777. The van der Waals surface area contributed by atoms with Gasteiger partial charge in [-0.15, -0.1) is 0 Å². The van der Waals surface area contributed by atoms with Gasteiger partial charge in [0, 0.05) is 19.3 Å². The Bertz CT molecular complexity index is 1090. The van der Waals surface area contributed by atoms with Crippen LogP contribution < -0.4 is 0 Å². The second kappa shape index (κ2) is 54.2. The number of carbonyl (C=O) groups is 3. The predicted molar refractivity (Wildman–Crippen MR) is 279 cm³/mol. The fraction of sp³-hybridized carbons (Fsp3) is 0.847. The van der Waals surface area contributed by atoms with E-state index < -0.39 is 6.10 Å². The first-order valence-corrected chi connectivity index (χ1v) is 28.5. The fourth-order valence-corrected chi connectivity index (χ4v) is 8.29. The first-order valence-electron chi connectivity index (χ1n) is 28.5. The topological polar surface area (TPSA) is 78.9 Å². The van der Waals surface area contributed by atoms with Gasteiger partial charge in [0.15, 0.2) is 6.10 Å². The van der Waals surface area contributed by atoms with E-state index in [0.717, 1.165) is 83.5 Å². The maximum atomic E-state index is 12.8. The van der Waals surface area contributed by atoms with Crippen molar-refractivity contribution in [3.8, 4) is 0 Å². The van der Waals surface area contributed by atoms with Crippen LogP contribution in [0.3, 0.4) is 0 Å². The van der Waals surface area contributed by atoms with E-state index in [9.17, 15) is 14.4 Å². The van der Waals surface area contributed by atoms with E-state index in [4.69, 9.17) is 14.2 Å². The van der Waals surface area contributed by atoms with Gasteiger partial charge in [0.05, 0.1) is 0 Å². The van der Waals surface area contributed by atoms with Crippen LogP contribution in [0.4, 0.5) is 0 Å². The van der Waals surface area contributed by atoms with Crippen molar-refractivity contribution in [1.82, 2.24) is 0 Å². The second-order valence-electron chi connectivity index (χ2n) is 19.2. The zero-order valence-corrected chi connectivity index (χ0v) is 43.5. The lowest BCUT2D eigenvalue weighted by molar-refractivity contribution is -0.167. The van der Waals surface area contributed by atoms with Crippen molar-refractivity contribution in [2.45, 2.75) is 309 Å². The third kappa shape index (κ3) is 52.5. The number of allylic oxidation sites excluding steroid dienone is 6. The summed E-state index contributed by atoms with van der Waals surface area (Å²) in [6, 6.07) is 0. The van der Waals surface area contributed by atoms with Gasteiger partial charge < -0.3 is 14.2 Å². The molecule has 6 nitrogen and oxygen atoms in total. The number of rotatable bonds is 52. The van der Waals surface area contributed by atoms with Crippen LogP contribution in [0.5, 0.6) is 0 Å². The Balaban J connectivity index is 4.34. The monoisotopic (exact) mass is 913 g/mol. The van der Waals surface area contributed by atoms with E-state index in [1.54, 1.807) is 0 Å². The van der Waals surface area contributed by atoms with Crippen LogP contribution in [-0.2, 0) is 28.6 Å². The summed E-state index contributed by atoms with van der Waals surface area (Å²) in [5.41, 5.74) is 0. The number of hydrogen-bond donors (Lipinski definition) is 0. The van der Waals surface area contributed by atoms with Crippen LogP contribution in [-0.4, -0.2) is 37.2 Å². The molecule has 0 radical (unpaired) electrons. The van der Waals surface area contributed by atoms with Crippen molar-refractivity contribution in [2.75, 3.05) is 13.2 Å². The molecule has 0 bridgehead atoms. The lowest BCUT2D eigenvalue weighted by Crippen LogP contribution is -2.30. The number of hydrogen-bond acceptors (Lipinski definition) is 6. The van der Waals surface area contributed by atoms with Gasteiger partial charge in [-0.25, -0.2) is 0 Å². The van der Waals surface area contributed by atoms with E-state index in [2.05, 4.69) is 57.2 Å². The molecule has 0 amide bonds. The van der Waals surface area contributed by atoms with Crippen molar-refractivity contribution < 1.29 is 28.6 Å². The second-order valence-corrected chi connectivity index (χ2v) is 19.2. The van der Waals surface area contributed by atoms with E-state index in [1.807, 2.05) is 0 Å². The highest BCUT2D eigenvalue weighted by Gasteiger charge is 2.19. The molecule has 65 heavy (non-hydrogen) atoms. The van der Waals surface area contributed by atoms with E-state index in [1.165, 1.54) is 180 Å². The molecule has 0 aliphatic heterocycles. The summed E-state index contributed by atoms with van der Waals surface area (Å²) in [5.74, 6) is -0.876. The summed E-state index contributed by atoms with van der Waals surface area (Å²) < 4.78 is 16.9. The lowest BCUT2D eigenvalue weighted by atomic mass is 10.0. The van der Waals surface area contributed by atoms with Gasteiger partial charge in [-0.05, 0) is 77.0 Å². The van der Waals surface area contributed by atoms with Crippen molar-refractivity contribution in [2.24, 2.45) is 0 Å². The standard InChI is InChI=1S/C59H108O6/c1-4-7-10-13-16-19-22-25-27-28-29-30-32-34-37-40-43-46-49-52-58(61)64-55-56(54-63-57(60)51-48-45-42-39-36-33-24-21-18-15-12-9-6-3)65-59(62)53-50-47-44-41-38-35-31-26-23-20-17-14-11-8-5-2/h17,20,25-27,31,56H,4-16,18-19,21-24,28-30,32-55H2,1-3H3/b20-17-,27-25-,31-26-/t56-/m1/s1. The van der Waals surface area contributed by atoms with Crippen LogP contribution in [0.15, 0.2) is 36.5 Å². The van der Waals surface area contributed by atoms with Gasteiger partial charge in [-0.3, -0.25) is 14.4 Å². The lowest BCUT2D eigenvalue weighted by Gasteiger charge is -2.18. The van der Waals surface area contributed by atoms with Gasteiger partial charge >= 0.3 is 17.9 Å². The molecule has 0 aliphatic carbocycles. The SMILES string of the molecule is CCCCC/C=C\C/C=C\CCCCCCCC(=O)O[C@@H](COC(=O)CCCCCCCCCCC/C=C\CCCCCCCC)COC(=O)CCCCCCCCCCCCCCC. The minimum Gasteiger partial charge on any atom is -0.462 e. The first-order chi connectivity index (χ1) is 32.0. The fourth-order valence-electron chi connectivity index (χ4n) is 8.29. The maximum Gasteiger partial charge on any atom is 0.306 e. The molecule has 0 aromatic rings. The van der Waals surface area contributed by atoms with Crippen LogP contribution in [0.1, 0.15) is 303 Å². The molecule has 0 N–H and O–H groups in total. The largest absolute Gasteiger partial charge is 0.462 e. The number of esters is 3. The summed E-state index contributed by atoms with van der Waals surface area (Å²) >= 11 is 0. The molecular formula is C59H108O6. The molecular weight excluding hydrogens is 805 g/mol. The van der Waals surface area contributed by atoms with E-state index >= 15 is 0 Å². The zero-order valence-electron chi connectivity index (χ0n) is 43.5. The third-order valence-corrected chi connectivity index (χ3v) is 12.6. The highest BCUT2D eigenvalue weighted by molar-refractivity contribution is 5.71. The smallest absolute Gasteiger partial charge is 0.306 e. The Kier molecular flexibility index (Phi) is 52.3. The average Bonchev–Trinajstić information content (AvgIpc) is 3.30. The molecule has 0 spiro atoms. The molecule has 0 rings (SSSR count). The van der Waals surface area contributed by atoms with Crippen molar-refractivity contribution in [3.05, 3.63) is 36.5 Å². The molecule has 0 fully saturated rings. The van der Waals surface area contributed by atoms with Crippen LogP contribution in [0.25, 0.3) is 0 Å². The molecule has 0 heterocycles. The number of ether oxygens (including phenoxy) is 3.